The van der Waals surface area contributed by atoms with Crippen LogP contribution in [0, 0.1) is 0 Å². The average Bonchev–Trinajstić information content (AvgIpc) is 3.09. The number of nitrogens with zero attached hydrogens (tertiary/aromatic N) is 3. The van der Waals surface area contributed by atoms with Crippen LogP contribution in [-0.4, -0.2) is 42.4 Å². The number of rotatable bonds is 9. The smallest absolute Gasteiger partial charge is 0.248 e. The zero-order valence-corrected chi connectivity index (χ0v) is 15.3. The van der Waals surface area contributed by atoms with Gasteiger partial charge in [0.2, 0.25) is 11.7 Å². The lowest BCUT2D eigenvalue weighted by atomic mass is 10.2. The fraction of sp³-hybridized carbons (Fsp3) is 0.471. The third kappa shape index (κ3) is 6.72. The predicted octanol–water partition coefficient (Wildman–Crippen LogP) is 2.87. The Kier molecular flexibility index (Phi) is 8.21. The van der Waals surface area contributed by atoms with Crippen molar-refractivity contribution in [2.24, 2.45) is 4.99 Å². The number of hydrogen-bond acceptors (Lipinski definition) is 5. The summed E-state index contributed by atoms with van der Waals surface area (Å²) in [6.45, 7) is 7.34. The van der Waals surface area contributed by atoms with E-state index in [0.29, 0.717) is 29.2 Å². The lowest BCUT2D eigenvalue weighted by molar-refractivity contribution is 0.145. The van der Waals surface area contributed by atoms with Gasteiger partial charge in [0, 0.05) is 36.9 Å². The molecule has 1 aromatic carbocycles. The van der Waals surface area contributed by atoms with Crippen LogP contribution in [0.2, 0.25) is 5.02 Å². The van der Waals surface area contributed by atoms with Crippen molar-refractivity contribution >= 4 is 17.6 Å². The summed E-state index contributed by atoms with van der Waals surface area (Å²) in [6.07, 6.45) is 0.916. The van der Waals surface area contributed by atoms with E-state index in [4.69, 9.17) is 20.9 Å². The van der Waals surface area contributed by atoms with E-state index in [1.807, 2.05) is 26.0 Å². The highest BCUT2D eigenvalue weighted by molar-refractivity contribution is 6.30. The molecule has 0 fully saturated rings. The maximum atomic E-state index is 5.88. The Morgan fingerprint density at radius 3 is 2.76 bits per heavy atom. The molecule has 0 unspecified atom stereocenters. The van der Waals surface area contributed by atoms with Gasteiger partial charge in [-0.2, -0.15) is 4.98 Å². The van der Waals surface area contributed by atoms with E-state index in [9.17, 15) is 0 Å². The summed E-state index contributed by atoms with van der Waals surface area (Å²) in [6, 6.07) is 7.29. The first kappa shape index (κ1) is 19.2. The Labute approximate surface area is 152 Å². The molecule has 1 heterocycles. The number of aromatic nitrogens is 2. The van der Waals surface area contributed by atoms with Crippen LogP contribution in [-0.2, 0) is 11.3 Å². The molecule has 1 aromatic heterocycles. The molecule has 0 radical (unpaired) electrons. The van der Waals surface area contributed by atoms with Crippen molar-refractivity contribution in [1.82, 2.24) is 20.8 Å². The first-order valence-electron chi connectivity index (χ1n) is 8.41. The molecule has 2 rings (SSSR count). The van der Waals surface area contributed by atoms with Gasteiger partial charge in [0.05, 0.1) is 0 Å². The molecule has 7 nitrogen and oxygen atoms in total. The standard InChI is InChI=1S/C17H24ClN5O2/c1-3-19-17(20-10-5-11-24-4-2)21-12-15-22-16(23-25-15)13-6-8-14(18)9-7-13/h6-9H,3-5,10-12H2,1-2H3,(H2,19,20,21). The maximum absolute atomic E-state index is 5.88. The zero-order chi connectivity index (χ0) is 17.9. The monoisotopic (exact) mass is 365 g/mol. The van der Waals surface area contributed by atoms with Gasteiger partial charge in [-0.15, -0.1) is 0 Å². The van der Waals surface area contributed by atoms with Gasteiger partial charge in [0.25, 0.3) is 0 Å². The normalized spacial score (nSPS) is 11.6. The molecule has 0 atom stereocenters. The number of aliphatic imine (C=N–C) groups is 1. The molecule has 25 heavy (non-hydrogen) atoms. The van der Waals surface area contributed by atoms with Gasteiger partial charge in [-0.3, -0.25) is 0 Å². The zero-order valence-electron chi connectivity index (χ0n) is 14.6. The van der Waals surface area contributed by atoms with E-state index in [1.165, 1.54) is 0 Å². The van der Waals surface area contributed by atoms with Crippen LogP contribution in [0.5, 0.6) is 0 Å². The molecule has 0 saturated carbocycles. The summed E-state index contributed by atoms with van der Waals surface area (Å²) in [4.78, 5) is 8.82. The van der Waals surface area contributed by atoms with Crippen LogP contribution in [0.25, 0.3) is 11.4 Å². The van der Waals surface area contributed by atoms with Gasteiger partial charge in [-0.1, -0.05) is 16.8 Å². The van der Waals surface area contributed by atoms with Gasteiger partial charge in [0.15, 0.2) is 5.96 Å². The van der Waals surface area contributed by atoms with Crippen molar-refractivity contribution in [3.63, 3.8) is 0 Å². The van der Waals surface area contributed by atoms with E-state index in [0.717, 1.165) is 38.3 Å². The maximum Gasteiger partial charge on any atom is 0.248 e. The van der Waals surface area contributed by atoms with Crippen LogP contribution in [0.3, 0.4) is 0 Å². The number of benzene rings is 1. The van der Waals surface area contributed by atoms with Gasteiger partial charge in [-0.05, 0) is 44.5 Å². The second kappa shape index (κ2) is 10.7. The minimum Gasteiger partial charge on any atom is -0.382 e. The van der Waals surface area contributed by atoms with E-state index in [-0.39, 0.29) is 0 Å². The Balaban J connectivity index is 1.90. The first-order valence-corrected chi connectivity index (χ1v) is 8.79. The molecular formula is C17H24ClN5O2. The van der Waals surface area contributed by atoms with Crippen molar-refractivity contribution < 1.29 is 9.26 Å². The highest BCUT2D eigenvalue weighted by Crippen LogP contribution is 2.18. The molecule has 2 N–H and O–H groups in total. The summed E-state index contributed by atoms with van der Waals surface area (Å²) in [7, 11) is 0. The minimum atomic E-state index is 0.307. The van der Waals surface area contributed by atoms with Crippen molar-refractivity contribution in [1.29, 1.82) is 0 Å². The average molecular weight is 366 g/mol. The SMILES string of the molecule is CCNC(=NCc1nc(-c2ccc(Cl)cc2)no1)NCCCOCC. The summed E-state index contributed by atoms with van der Waals surface area (Å²) >= 11 is 5.88. The summed E-state index contributed by atoms with van der Waals surface area (Å²) in [5, 5.41) is 11.1. The quantitative estimate of drug-likeness (QED) is 0.404. The van der Waals surface area contributed by atoms with Crippen molar-refractivity contribution in [3.05, 3.63) is 35.2 Å². The second-order valence-electron chi connectivity index (χ2n) is 5.19. The molecule has 0 saturated heterocycles. The van der Waals surface area contributed by atoms with E-state index in [1.54, 1.807) is 12.1 Å². The number of halogens is 1. The lowest BCUT2D eigenvalue weighted by Gasteiger charge is -2.10. The number of hydrogen-bond donors (Lipinski definition) is 2. The van der Waals surface area contributed by atoms with Gasteiger partial charge in [-0.25, -0.2) is 4.99 Å². The molecular weight excluding hydrogens is 342 g/mol. The van der Waals surface area contributed by atoms with Crippen molar-refractivity contribution in [2.45, 2.75) is 26.8 Å². The summed E-state index contributed by atoms with van der Waals surface area (Å²) in [5.41, 5.74) is 0.851. The molecule has 0 spiro atoms. The summed E-state index contributed by atoms with van der Waals surface area (Å²) in [5.74, 6) is 1.69. The Morgan fingerprint density at radius 2 is 2.04 bits per heavy atom. The second-order valence-corrected chi connectivity index (χ2v) is 5.63. The predicted molar refractivity (Wildman–Crippen MR) is 98.7 cm³/mol. The van der Waals surface area contributed by atoms with Gasteiger partial charge in [0.1, 0.15) is 6.54 Å². The first-order chi connectivity index (χ1) is 12.2. The number of guanidine groups is 1. The van der Waals surface area contributed by atoms with E-state index >= 15 is 0 Å². The summed E-state index contributed by atoms with van der Waals surface area (Å²) < 4.78 is 10.6. The molecule has 0 aliphatic carbocycles. The van der Waals surface area contributed by atoms with E-state index < -0.39 is 0 Å². The fourth-order valence-corrected chi connectivity index (χ4v) is 2.18. The van der Waals surface area contributed by atoms with E-state index in [2.05, 4.69) is 25.8 Å². The minimum absolute atomic E-state index is 0.307. The van der Waals surface area contributed by atoms with Gasteiger partial charge < -0.3 is 19.9 Å². The molecule has 2 aromatic rings. The fourth-order valence-electron chi connectivity index (χ4n) is 2.05. The molecule has 0 bridgehead atoms. The third-order valence-corrected chi connectivity index (χ3v) is 3.50. The third-order valence-electron chi connectivity index (χ3n) is 3.25. The number of ether oxygens (including phenoxy) is 1. The Morgan fingerprint density at radius 1 is 1.24 bits per heavy atom. The van der Waals surface area contributed by atoms with Crippen LogP contribution in [0.4, 0.5) is 0 Å². The molecule has 136 valence electrons. The Bertz CT molecular complexity index is 657. The highest BCUT2D eigenvalue weighted by Gasteiger charge is 2.08. The molecule has 8 heteroatoms. The van der Waals surface area contributed by atoms with Crippen LogP contribution < -0.4 is 10.6 Å². The topological polar surface area (TPSA) is 84.6 Å². The number of nitrogens with one attached hydrogen (secondary N) is 2. The van der Waals surface area contributed by atoms with Gasteiger partial charge >= 0.3 is 0 Å². The lowest BCUT2D eigenvalue weighted by Crippen LogP contribution is -2.38. The van der Waals surface area contributed by atoms with Crippen LogP contribution in [0.15, 0.2) is 33.8 Å². The largest absolute Gasteiger partial charge is 0.382 e. The Hall–Kier alpha value is -2.12. The van der Waals surface area contributed by atoms with Crippen molar-refractivity contribution in [2.75, 3.05) is 26.3 Å². The molecule has 0 amide bonds. The highest BCUT2D eigenvalue weighted by atomic mass is 35.5. The molecule has 0 aliphatic rings. The van der Waals surface area contributed by atoms with Crippen LogP contribution in [0.1, 0.15) is 26.2 Å². The molecule has 0 aliphatic heterocycles. The van der Waals surface area contributed by atoms with Crippen LogP contribution >= 0.6 is 11.6 Å². The van der Waals surface area contributed by atoms with Crippen molar-refractivity contribution in [3.8, 4) is 11.4 Å².